The van der Waals surface area contributed by atoms with E-state index in [4.69, 9.17) is 10.00 Å². The molecule has 8 heteroatoms. The Balaban J connectivity index is 1.29. The lowest BCUT2D eigenvalue weighted by molar-refractivity contribution is -0.385. The van der Waals surface area contributed by atoms with E-state index in [-0.39, 0.29) is 30.5 Å². The van der Waals surface area contributed by atoms with Crippen LogP contribution in [0.5, 0.6) is 0 Å². The quantitative estimate of drug-likeness (QED) is 0.277. The number of amides is 1. The van der Waals surface area contributed by atoms with Gasteiger partial charge in [0.1, 0.15) is 12.7 Å². The molecule has 1 amide bonds. The summed E-state index contributed by atoms with van der Waals surface area (Å²) >= 11 is 0. The molecule has 8 nitrogen and oxygen atoms in total. The second kappa shape index (κ2) is 9.63. The summed E-state index contributed by atoms with van der Waals surface area (Å²) in [6, 6.07) is 19.1. The minimum Gasteiger partial charge on any atom is -0.449 e. The summed E-state index contributed by atoms with van der Waals surface area (Å²) in [5.74, 6) is 5.55. The number of pyridine rings is 1. The van der Waals surface area contributed by atoms with E-state index in [1.165, 1.54) is 12.3 Å². The molecule has 1 aliphatic rings. The number of nitrogens with zero attached hydrogens (tertiary/aromatic N) is 3. The van der Waals surface area contributed by atoms with Gasteiger partial charge in [-0.2, -0.15) is 5.26 Å². The van der Waals surface area contributed by atoms with E-state index in [1.807, 2.05) is 24.3 Å². The van der Waals surface area contributed by atoms with Gasteiger partial charge < -0.3 is 10.1 Å². The topological polar surface area (TPSA) is 118 Å². The molecule has 33 heavy (non-hydrogen) atoms. The average Bonchev–Trinajstić information content (AvgIpc) is 3.16. The molecule has 0 saturated heterocycles. The largest absolute Gasteiger partial charge is 0.449 e. The summed E-state index contributed by atoms with van der Waals surface area (Å²) in [6.07, 6.45) is 1.09. The SMILES string of the molecule is N#Cc1ncc(C#CCCNC(=O)OCC2c3ccccc3-c3ccccc32)cc1[N+](=O)[O-]. The van der Waals surface area contributed by atoms with Gasteiger partial charge in [-0.1, -0.05) is 60.4 Å². The van der Waals surface area contributed by atoms with Crippen molar-refractivity contribution in [3.63, 3.8) is 0 Å². The summed E-state index contributed by atoms with van der Waals surface area (Å²) in [5.41, 5.74) is 4.28. The number of carbonyl (C=O) groups excluding carboxylic acids is 1. The Morgan fingerprint density at radius 2 is 1.82 bits per heavy atom. The van der Waals surface area contributed by atoms with Crippen molar-refractivity contribution >= 4 is 11.8 Å². The lowest BCUT2D eigenvalue weighted by Crippen LogP contribution is -2.26. The Hall–Kier alpha value is -4.69. The molecule has 1 aromatic heterocycles. The van der Waals surface area contributed by atoms with Crippen LogP contribution in [0.15, 0.2) is 60.8 Å². The number of benzene rings is 2. The van der Waals surface area contributed by atoms with Gasteiger partial charge in [-0.25, -0.2) is 9.78 Å². The van der Waals surface area contributed by atoms with Crippen LogP contribution in [0.1, 0.15) is 34.7 Å². The molecule has 0 spiro atoms. The van der Waals surface area contributed by atoms with E-state index in [1.54, 1.807) is 6.07 Å². The van der Waals surface area contributed by atoms with Gasteiger partial charge in [0.05, 0.1) is 4.92 Å². The van der Waals surface area contributed by atoms with Gasteiger partial charge in [0.15, 0.2) is 0 Å². The minimum atomic E-state index is -0.671. The van der Waals surface area contributed by atoms with Crippen LogP contribution in [0.25, 0.3) is 11.1 Å². The molecule has 0 aliphatic heterocycles. The monoisotopic (exact) mass is 438 g/mol. The second-order valence-electron chi connectivity index (χ2n) is 7.26. The van der Waals surface area contributed by atoms with Crippen molar-refractivity contribution in [2.24, 2.45) is 0 Å². The fourth-order valence-corrected chi connectivity index (χ4v) is 3.79. The van der Waals surface area contributed by atoms with Crippen LogP contribution in [0.2, 0.25) is 0 Å². The summed E-state index contributed by atoms with van der Waals surface area (Å²) in [4.78, 5) is 26.2. The number of nitriles is 1. The van der Waals surface area contributed by atoms with Crippen LogP contribution in [0.3, 0.4) is 0 Å². The Bertz CT molecular complexity index is 1290. The molecular formula is C25H18N4O4. The highest BCUT2D eigenvalue weighted by molar-refractivity contribution is 5.79. The minimum absolute atomic E-state index is 0.0115. The number of hydrogen-bond donors (Lipinski definition) is 1. The third kappa shape index (κ3) is 4.65. The van der Waals surface area contributed by atoms with E-state index in [0.29, 0.717) is 12.0 Å². The maximum atomic E-state index is 12.1. The number of alkyl carbamates (subject to hydrolysis) is 1. The fraction of sp³-hybridized carbons (Fsp3) is 0.160. The van der Waals surface area contributed by atoms with E-state index >= 15 is 0 Å². The third-order valence-corrected chi connectivity index (χ3v) is 5.27. The van der Waals surface area contributed by atoms with Crippen molar-refractivity contribution in [3.8, 4) is 29.0 Å². The zero-order chi connectivity index (χ0) is 23.2. The number of aromatic nitrogens is 1. The average molecular weight is 438 g/mol. The first-order valence-electron chi connectivity index (χ1n) is 10.2. The lowest BCUT2D eigenvalue weighted by atomic mass is 9.98. The summed E-state index contributed by atoms with van der Waals surface area (Å²) in [5, 5.41) is 22.5. The Morgan fingerprint density at radius 1 is 1.15 bits per heavy atom. The Morgan fingerprint density at radius 3 is 2.45 bits per heavy atom. The van der Waals surface area contributed by atoms with Crippen molar-refractivity contribution in [1.82, 2.24) is 10.3 Å². The molecule has 4 rings (SSSR count). The van der Waals surface area contributed by atoms with Crippen LogP contribution < -0.4 is 5.32 Å². The van der Waals surface area contributed by atoms with Gasteiger partial charge in [-0.3, -0.25) is 10.1 Å². The highest BCUT2D eigenvalue weighted by atomic mass is 16.6. The predicted molar refractivity (Wildman–Crippen MR) is 120 cm³/mol. The van der Waals surface area contributed by atoms with Gasteiger partial charge in [0.2, 0.25) is 5.69 Å². The smallest absolute Gasteiger partial charge is 0.407 e. The molecule has 1 aliphatic carbocycles. The number of rotatable bonds is 5. The van der Waals surface area contributed by atoms with E-state index in [9.17, 15) is 14.9 Å². The zero-order valence-corrected chi connectivity index (χ0v) is 17.4. The Kier molecular flexibility index (Phi) is 6.28. The van der Waals surface area contributed by atoms with Crippen LogP contribution >= 0.6 is 0 Å². The van der Waals surface area contributed by atoms with Crippen molar-refractivity contribution in [2.45, 2.75) is 12.3 Å². The highest BCUT2D eigenvalue weighted by Gasteiger charge is 2.28. The molecule has 0 atom stereocenters. The zero-order valence-electron chi connectivity index (χ0n) is 17.4. The van der Waals surface area contributed by atoms with Crippen molar-refractivity contribution < 1.29 is 14.5 Å². The van der Waals surface area contributed by atoms with Gasteiger partial charge in [0.25, 0.3) is 0 Å². The second-order valence-corrected chi connectivity index (χ2v) is 7.26. The summed E-state index contributed by atoms with van der Waals surface area (Å²) in [6.45, 7) is 0.488. The molecule has 2 aromatic carbocycles. The molecule has 0 bridgehead atoms. The number of ether oxygens (including phenoxy) is 1. The third-order valence-electron chi connectivity index (χ3n) is 5.27. The number of fused-ring (bicyclic) bond motifs is 3. The maximum absolute atomic E-state index is 12.1. The Labute approximate surface area is 190 Å². The van der Waals surface area contributed by atoms with Crippen LogP contribution in [0, 0.1) is 33.3 Å². The molecule has 162 valence electrons. The first kappa shape index (κ1) is 21.5. The molecule has 0 unspecified atom stereocenters. The van der Waals surface area contributed by atoms with Crippen molar-refractivity contribution in [3.05, 3.63) is 93.3 Å². The van der Waals surface area contributed by atoms with Crippen molar-refractivity contribution in [1.29, 1.82) is 5.26 Å². The maximum Gasteiger partial charge on any atom is 0.407 e. The molecule has 0 saturated carbocycles. The number of nitrogens with one attached hydrogen (secondary N) is 1. The molecule has 0 radical (unpaired) electrons. The molecule has 1 heterocycles. The van der Waals surface area contributed by atoms with Gasteiger partial charge in [0, 0.05) is 36.7 Å². The van der Waals surface area contributed by atoms with Crippen LogP contribution in [-0.2, 0) is 4.74 Å². The standard InChI is InChI=1S/C25H18N4O4/c26-14-23-24(29(31)32)13-17(15-28-23)7-5-6-12-27-25(30)33-16-22-20-10-3-1-8-18(20)19-9-2-4-11-21(19)22/h1-4,8-11,13,15,22H,6,12,16H2,(H,27,30). The first-order valence-corrected chi connectivity index (χ1v) is 10.2. The molecular weight excluding hydrogens is 420 g/mol. The molecule has 1 N–H and O–H groups in total. The number of nitro groups is 1. The van der Waals surface area contributed by atoms with Crippen LogP contribution in [-0.4, -0.2) is 29.2 Å². The predicted octanol–water partition coefficient (Wildman–Crippen LogP) is 4.14. The van der Waals surface area contributed by atoms with E-state index in [0.717, 1.165) is 22.3 Å². The fourth-order valence-electron chi connectivity index (χ4n) is 3.79. The molecule has 0 fully saturated rings. The van der Waals surface area contributed by atoms with Gasteiger partial charge in [-0.05, 0) is 22.3 Å². The first-order chi connectivity index (χ1) is 16.1. The highest BCUT2D eigenvalue weighted by Crippen LogP contribution is 2.44. The van der Waals surface area contributed by atoms with Crippen LogP contribution in [0.4, 0.5) is 10.5 Å². The summed E-state index contributed by atoms with van der Waals surface area (Å²) < 4.78 is 5.46. The normalized spacial score (nSPS) is 11.4. The van der Waals surface area contributed by atoms with Gasteiger partial charge >= 0.3 is 11.8 Å². The van der Waals surface area contributed by atoms with Gasteiger partial charge in [-0.15, -0.1) is 0 Å². The van der Waals surface area contributed by atoms with E-state index in [2.05, 4.69) is 46.4 Å². The summed E-state index contributed by atoms with van der Waals surface area (Å²) in [7, 11) is 0. The number of carbonyl (C=O) groups is 1. The lowest BCUT2D eigenvalue weighted by Gasteiger charge is -2.14. The van der Waals surface area contributed by atoms with E-state index < -0.39 is 11.0 Å². The number of hydrogen-bond acceptors (Lipinski definition) is 6. The van der Waals surface area contributed by atoms with Crippen molar-refractivity contribution in [2.75, 3.05) is 13.2 Å². The molecule has 3 aromatic rings.